The van der Waals surface area contributed by atoms with Crippen LogP contribution in [-0.2, 0) is 23.9 Å². The SMILES string of the molecule is CCc1cc(Nc2nccn3c(-c4cn(CC#N)nc4C(F)(F)F)cnc23)ccc1C(=O)NCC=O. The van der Waals surface area contributed by atoms with Gasteiger partial charge in [0.05, 0.1) is 30.1 Å². The molecule has 10 nitrogen and oxygen atoms in total. The van der Waals surface area contributed by atoms with Crippen molar-refractivity contribution in [2.75, 3.05) is 11.9 Å². The van der Waals surface area contributed by atoms with Gasteiger partial charge in [0.25, 0.3) is 5.91 Å². The van der Waals surface area contributed by atoms with E-state index in [1.54, 1.807) is 24.3 Å². The minimum atomic E-state index is -4.73. The van der Waals surface area contributed by atoms with Gasteiger partial charge in [0.2, 0.25) is 0 Å². The maximum atomic E-state index is 13.6. The van der Waals surface area contributed by atoms with Crippen LogP contribution in [0.4, 0.5) is 24.7 Å². The second kappa shape index (κ2) is 9.87. The zero-order valence-electron chi connectivity index (χ0n) is 18.9. The molecule has 0 atom stereocenters. The minimum Gasteiger partial charge on any atom is -0.345 e. The summed E-state index contributed by atoms with van der Waals surface area (Å²) in [7, 11) is 0. The van der Waals surface area contributed by atoms with Gasteiger partial charge >= 0.3 is 6.18 Å². The Morgan fingerprint density at radius 3 is 2.78 bits per heavy atom. The fourth-order valence-electron chi connectivity index (χ4n) is 3.73. The Kier molecular flexibility index (Phi) is 6.69. The lowest BCUT2D eigenvalue weighted by molar-refractivity contribution is -0.141. The molecule has 184 valence electrons. The van der Waals surface area contributed by atoms with E-state index in [1.165, 1.54) is 23.0 Å². The maximum Gasteiger partial charge on any atom is 0.435 e. The highest BCUT2D eigenvalue weighted by atomic mass is 19.4. The van der Waals surface area contributed by atoms with Crippen LogP contribution in [-0.4, -0.2) is 42.9 Å². The second-order valence-corrected chi connectivity index (χ2v) is 7.58. The number of nitrogens with one attached hydrogen (secondary N) is 2. The van der Waals surface area contributed by atoms with E-state index in [1.807, 2.05) is 6.92 Å². The highest BCUT2D eigenvalue weighted by Gasteiger charge is 2.38. The predicted octanol–water partition coefficient (Wildman–Crippen LogP) is 3.37. The van der Waals surface area contributed by atoms with Gasteiger partial charge in [-0.15, -0.1) is 0 Å². The summed E-state index contributed by atoms with van der Waals surface area (Å²) in [6.45, 7) is 1.44. The summed E-state index contributed by atoms with van der Waals surface area (Å²) >= 11 is 0. The molecule has 0 spiro atoms. The highest BCUT2D eigenvalue weighted by molar-refractivity contribution is 5.97. The standard InChI is InChI=1S/C23H19F3N8O2/c1-2-14-11-15(3-4-16(14)22(36)29-7-10-35)31-20-21-30-12-18(34(21)9-6-28-20)17-13-33(8-5-27)32-19(17)23(24,25)26/h3-4,6,9-13H,2,7-8H2,1H3,(H,28,31)(H,29,36). The number of nitrogens with zero attached hydrogens (tertiary/aromatic N) is 6. The van der Waals surface area contributed by atoms with Crippen LogP contribution in [0.1, 0.15) is 28.5 Å². The van der Waals surface area contributed by atoms with Crippen molar-refractivity contribution >= 4 is 29.3 Å². The number of aldehydes is 1. The summed E-state index contributed by atoms with van der Waals surface area (Å²) in [6, 6.07) is 6.78. The number of amides is 1. The second-order valence-electron chi connectivity index (χ2n) is 7.58. The van der Waals surface area contributed by atoms with E-state index in [0.29, 0.717) is 24.0 Å². The van der Waals surface area contributed by atoms with Crippen molar-refractivity contribution in [1.82, 2.24) is 29.5 Å². The van der Waals surface area contributed by atoms with Crippen molar-refractivity contribution in [3.63, 3.8) is 0 Å². The van der Waals surface area contributed by atoms with Gasteiger partial charge < -0.3 is 15.4 Å². The van der Waals surface area contributed by atoms with Crippen LogP contribution >= 0.6 is 0 Å². The van der Waals surface area contributed by atoms with E-state index < -0.39 is 11.9 Å². The first-order valence-electron chi connectivity index (χ1n) is 10.7. The molecule has 0 unspecified atom stereocenters. The van der Waals surface area contributed by atoms with Crippen LogP contribution in [0.3, 0.4) is 0 Å². The number of rotatable bonds is 8. The molecular formula is C23H19F3N8O2. The molecule has 0 radical (unpaired) electrons. The first kappa shape index (κ1) is 24.4. The van der Waals surface area contributed by atoms with Gasteiger partial charge in [-0.1, -0.05) is 6.92 Å². The Labute approximate surface area is 202 Å². The number of anilines is 2. The van der Waals surface area contributed by atoms with Crippen molar-refractivity contribution in [1.29, 1.82) is 5.26 Å². The van der Waals surface area contributed by atoms with Crippen molar-refractivity contribution in [3.8, 4) is 17.3 Å². The number of hydrogen-bond acceptors (Lipinski definition) is 7. The average Bonchev–Trinajstić information content (AvgIpc) is 3.47. The Bertz CT molecular complexity index is 1480. The first-order chi connectivity index (χ1) is 17.3. The molecule has 0 aliphatic carbocycles. The monoisotopic (exact) mass is 496 g/mol. The topological polar surface area (TPSA) is 130 Å². The van der Waals surface area contributed by atoms with Crippen LogP contribution in [0, 0.1) is 11.3 Å². The molecule has 3 heterocycles. The van der Waals surface area contributed by atoms with E-state index in [4.69, 9.17) is 5.26 Å². The largest absolute Gasteiger partial charge is 0.435 e. The number of benzene rings is 1. The predicted molar refractivity (Wildman–Crippen MR) is 122 cm³/mol. The quantitative estimate of drug-likeness (QED) is 0.358. The number of carbonyl (C=O) groups excluding carboxylic acids is 2. The normalized spacial score (nSPS) is 11.3. The number of aromatic nitrogens is 5. The molecular weight excluding hydrogens is 477 g/mol. The number of alkyl halides is 3. The number of hydrogen-bond donors (Lipinski definition) is 2. The van der Waals surface area contributed by atoms with Gasteiger partial charge in [0, 0.05) is 29.8 Å². The van der Waals surface area contributed by atoms with E-state index in [0.717, 1.165) is 16.4 Å². The number of carbonyl (C=O) groups is 2. The molecule has 3 aromatic heterocycles. The minimum absolute atomic E-state index is 0.0956. The number of fused-ring (bicyclic) bond motifs is 1. The van der Waals surface area contributed by atoms with Crippen molar-refractivity contribution in [3.05, 3.63) is 59.8 Å². The Balaban J connectivity index is 1.71. The summed E-state index contributed by atoms with van der Waals surface area (Å²) in [4.78, 5) is 31.4. The summed E-state index contributed by atoms with van der Waals surface area (Å²) in [5, 5.41) is 18.0. The molecule has 0 aliphatic rings. The van der Waals surface area contributed by atoms with Gasteiger partial charge in [-0.2, -0.15) is 23.5 Å². The number of halogens is 3. The molecule has 0 saturated carbocycles. The summed E-state index contributed by atoms with van der Waals surface area (Å²) in [5.74, 6) is -0.0945. The third kappa shape index (κ3) is 4.74. The van der Waals surface area contributed by atoms with Gasteiger partial charge in [0.1, 0.15) is 12.8 Å². The van der Waals surface area contributed by atoms with Crippen LogP contribution < -0.4 is 10.6 Å². The number of aryl methyl sites for hydroxylation is 1. The first-order valence-corrected chi connectivity index (χ1v) is 10.7. The number of nitriles is 1. The lowest BCUT2D eigenvalue weighted by Gasteiger charge is -2.12. The average molecular weight is 496 g/mol. The molecule has 0 saturated heterocycles. The smallest absolute Gasteiger partial charge is 0.345 e. The van der Waals surface area contributed by atoms with Crippen LogP contribution in [0.15, 0.2) is 43.0 Å². The lowest BCUT2D eigenvalue weighted by Crippen LogP contribution is -2.26. The molecule has 0 aliphatic heterocycles. The molecule has 13 heteroatoms. The highest BCUT2D eigenvalue weighted by Crippen LogP contribution is 2.37. The summed E-state index contributed by atoms with van der Waals surface area (Å²) < 4.78 is 43.3. The van der Waals surface area contributed by atoms with E-state index in [2.05, 4.69) is 25.7 Å². The van der Waals surface area contributed by atoms with Gasteiger partial charge in [-0.05, 0) is 30.2 Å². The maximum absolute atomic E-state index is 13.6. The zero-order chi connectivity index (χ0) is 25.9. The lowest BCUT2D eigenvalue weighted by atomic mass is 10.0. The summed E-state index contributed by atoms with van der Waals surface area (Å²) in [6.07, 6.45) is 1.73. The van der Waals surface area contributed by atoms with Crippen molar-refractivity contribution < 1.29 is 22.8 Å². The van der Waals surface area contributed by atoms with Crippen molar-refractivity contribution in [2.24, 2.45) is 0 Å². The van der Waals surface area contributed by atoms with Gasteiger partial charge in [0.15, 0.2) is 17.2 Å². The third-order valence-electron chi connectivity index (χ3n) is 5.31. The molecule has 0 fully saturated rings. The Hall–Kier alpha value is -4.73. The van der Waals surface area contributed by atoms with Gasteiger partial charge in [-0.3, -0.25) is 13.9 Å². The third-order valence-corrected chi connectivity index (χ3v) is 5.31. The number of imidazole rings is 1. The molecule has 2 N–H and O–H groups in total. The molecule has 36 heavy (non-hydrogen) atoms. The van der Waals surface area contributed by atoms with E-state index in [9.17, 15) is 22.8 Å². The van der Waals surface area contributed by atoms with Crippen LogP contribution in [0.5, 0.6) is 0 Å². The van der Waals surface area contributed by atoms with Crippen LogP contribution in [0.2, 0.25) is 0 Å². The molecule has 1 aromatic carbocycles. The molecule has 1 amide bonds. The van der Waals surface area contributed by atoms with Gasteiger partial charge in [-0.25, -0.2) is 9.97 Å². The fourth-order valence-corrected chi connectivity index (χ4v) is 3.73. The summed E-state index contributed by atoms with van der Waals surface area (Å²) in [5.41, 5.74) is 0.778. The van der Waals surface area contributed by atoms with E-state index in [-0.39, 0.29) is 41.7 Å². The van der Waals surface area contributed by atoms with E-state index >= 15 is 0 Å². The Morgan fingerprint density at radius 1 is 1.28 bits per heavy atom. The molecule has 4 rings (SSSR count). The molecule has 0 bridgehead atoms. The fraction of sp³-hybridized carbons (Fsp3) is 0.217. The van der Waals surface area contributed by atoms with Crippen LogP contribution in [0.25, 0.3) is 16.9 Å². The zero-order valence-corrected chi connectivity index (χ0v) is 18.9. The molecule has 4 aromatic rings. The van der Waals surface area contributed by atoms with Crippen molar-refractivity contribution in [2.45, 2.75) is 26.1 Å². The Morgan fingerprint density at radius 2 is 2.08 bits per heavy atom.